The average Bonchev–Trinajstić information content (AvgIpc) is 3.11. The molecule has 1 saturated heterocycles. The minimum Gasteiger partial charge on any atom is -0.399 e. The molecule has 0 unspecified atom stereocenters. The standard InChI is InChI=1S/C23H27N3O2/c24-21-10-3-1-7-18(21)8-5-6-12-26-17-20(19-9-2-4-11-22(19)26)23(27)25-13-15-28-16-14-25/h1-4,7,9-11,17H,5-6,8,12-16,24H2. The number of nitrogens with two attached hydrogens (primary N) is 1. The number of para-hydroxylation sites is 2. The van der Waals surface area contributed by atoms with Crippen molar-refractivity contribution in [2.45, 2.75) is 25.8 Å². The number of ether oxygens (including phenoxy) is 1. The highest BCUT2D eigenvalue weighted by Crippen LogP contribution is 2.24. The smallest absolute Gasteiger partial charge is 0.256 e. The molecule has 0 radical (unpaired) electrons. The van der Waals surface area contributed by atoms with E-state index in [2.05, 4.69) is 16.7 Å². The largest absolute Gasteiger partial charge is 0.399 e. The lowest BCUT2D eigenvalue weighted by Crippen LogP contribution is -2.40. The molecule has 0 saturated carbocycles. The first kappa shape index (κ1) is 18.6. The Morgan fingerprint density at radius 3 is 2.57 bits per heavy atom. The summed E-state index contributed by atoms with van der Waals surface area (Å²) in [7, 11) is 0. The van der Waals surface area contributed by atoms with Crippen molar-refractivity contribution in [1.82, 2.24) is 9.47 Å². The van der Waals surface area contributed by atoms with Gasteiger partial charge in [-0.05, 0) is 37.0 Å². The van der Waals surface area contributed by atoms with Crippen LogP contribution in [0.15, 0.2) is 54.7 Å². The van der Waals surface area contributed by atoms with Crippen LogP contribution >= 0.6 is 0 Å². The number of morpholine rings is 1. The molecule has 0 spiro atoms. The molecule has 4 rings (SSSR count). The summed E-state index contributed by atoms with van der Waals surface area (Å²) < 4.78 is 7.60. The van der Waals surface area contributed by atoms with Gasteiger partial charge in [-0.25, -0.2) is 0 Å². The van der Waals surface area contributed by atoms with E-state index in [0.29, 0.717) is 26.3 Å². The summed E-state index contributed by atoms with van der Waals surface area (Å²) in [6, 6.07) is 16.2. The van der Waals surface area contributed by atoms with Crippen LogP contribution in [0.4, 0.5) is 5.69 Å². The second-order valence-corrected chi connectivity index (χ2v) is 7.31. The molecule has 146 valence electrons. The average molecular weight is 377 g/mol. The molecule has 0 bridgehead atoms. The monoisotopic (exact) mass is 377 g/mol. The van der Waals surface area contributed by atoms with E-state index < -0.39 is 0 Å². The first-order chi connectivity index (χ1) is 13.7. The number of aromatic nitrogens is 1. The summed E-state index contributed by atoms with van der Waals surface area (Å²) in [5.41, 5.74) is 10.0. The summed E-state index contributed by atoms with van der Waals surface area (Å²) in [6.45, 7) is 3.46. The van der Waals surface area contributed by atoms with E-state index in [0.717, 1.165) is 48.0 Å². The Balaban J connectivity index is 1.47. The second kappa shape index (κ2) is 8.48. The van der Waals surface area contributed by atoms with Gasteiger partial charge in [-0.2, -0.15) is 0 Å². The van der Waals surface area contributed by atoms with Gasteiger partial charge in [0.2, 0.25) is 0 Å². The number of carbonyl (C=O) groups is 1. The maximum absolute atomic E-state index is 13.0. The number of rotatable bonds is 6. The van der Waals surface area contributed by atoms with Gasteiger partial charge in [0.05, 0.1) is 18.8 Å². The van der Waals surface area contributed by atoms with Crippen molar-refractivity contribution in [2.24, 2.45) is 0 Å². The first-order valence-corrected chi connectivity index (χ1v) is 10.0. The molecule has 5 nitrogen and oxygen atoms in total. The quantitative estimate of drug-likeness (QED) is 0.526. The fourth-order valence-electron chi connectivity index (χ4n) is 3.90. The Kier molecular flexibility index (Phi) is 5.63. The number of aryl methyl sites for hydroxylation is 2. The van der Waals surface area contributed by atoms with E-state index in [-0.39, 0.29) is 5.91 Å². The second-order valence-electron chi connectivity index (χ2n) is 7.31. The van der Waals surface area contributed by atoms with Crippen molar-refractivity contribution in [1.29, 1.82) is 0 Å². The Morgan fingerprint density at radius 1 is 1.00 bits per heavy atom. The molecule has 1 amide bonds. The van der Waals surface area contributed by atoms with Crippen LogP contribution in [-0.2, 0) is 17.7 Å². The summed E-state index contributed by atoms with van der Waals surface area (Å²) in [5.74, 6) is 0.107. The Hall–Kier alpha value is -2.79. The van der Waals surface area contributed by atoms with Crippen molar-refractivity contribution >= 4 is 22.5 Å². The Labute approximate surface area is 165 Å². The lowest BCUT2D eigenvalue weighted by atomic mass is 10.1. The summed E-state index contributed by atoms with van der Waals surface area (Å²) in [4.78, 5) is 14.9. The molecular weight excluding hydrogens is 350 g/mol. The van der Waals surface area contributed by atoms with E-state index >= 15 is 0 Å². The minimum atomic E-state index is 0.107. The molecule has 2 N–H and O–H groups in total. The zero-order chi connectivity index (χ0) is 19.3. The fraction of sp³-hybridized carbons (Fsp3) is 0.348. The van der Waals surface area contributed by atoms with Crippen molar-refractivity contribution in [3.05, 3.63) is 65.9 Å². The van der Waals surface area contributed by atoms with Gasteiger partial charge in [-0.15, -0.1) is 0 Å². The zero-order valence-corrected chi connectivity index (χ0v) is 16.1. The van der Waals surface area contributed by atoms with Gasteiger partial charge in [0.1, 0.15) is 0 Å². The number of nitrogens with zero attached hydrogens (tertiary/aromatic N) is 2. The van der Waals surface area contributed by atoms with Crippen molar-refractivity contribution in [2.75, 3.05) is 32.0 Å². The van der Waals surface area contributed by atoms with Crippen molar-refractivity contribution < 1.29 is 9.53 Å². The number of benzene rings is 2. The number of fused-ring (bicyclic) bond motifs is 1. The summed E-state index contributed by atoms with van der Waals surface area (Å²) in [6.07, 6.45) is 5.11. The first-order valence-electron chi connectivity index (χ1n) is 10.0. The number of unbranched alkanes of at least 4 members (excludes halogenated alkanes) is 1. The highest BCUT2D eigenvalue weighted by atomic mass is 16.5. The van der Waals surface area contributed by atoms with Gasteiger partial charge in [0.25, 0.3) is 5.91 Å². The van der Waals surface area contributed by atoms with Gasteiger partial charge in [0, 0.05) is 42.4 Å². The Morgan fingerprint density at radius 2 is 1.75 bits per heavy atom. The van der Waals surface area contributed by atoms with Crippen LogP contribution in [0.2, 0.25) is 0 Å². The molecule has 0 aliphatic carbocycles. The molecule has 2 aromatic carbocycles. The molecule has 28 heavy (non-hydrogen) atoms. The predicted octanol–water partition coefficient (Wildman–Crippen LogP) is 3.72. The highest BCUT2D eigenvalue weighted by molar-refractivity contribution is 6.07. The van der Waals surface area contributed by atoms with Crippen LogP contribution in [0.3, 0.4) is 0 Å². The molecule has 2 heterocycles. The van der Waals surface area contributed by atoms with E-state index in [9.17, 15) is 4.79 Å². The zero-order valence-electron chi connectivity index (χ0n) is 16.1. The molecule has 1 aliphatic rings. The van der Waals surface area contributed by atoms with Gasteiger partial charge in [0.15, 0.2) is 0 Å². The van der Waals surface area contributed by atoms with Crippen molar-refractivity contribution in [3.8, 4) is 0 Å². The molecular formula is C23H27N3O2. The third-order valence-corrected chi connectivity index (χ3v) is 5.47. The lowest BCUT2D eigenvalue weighted by molar-refractivity contribution is 0.0304. The Bertz CT molecular complexity index is 957. The number of nitrogen functional groups attached to an aromatic ring is 1. The van der Waals surface area contributed by atoms with Crippen LogP contribution in [0, 0.1) is 0 Å². The minimum absolute atomic E-state index is 0.107. The molecule has 1 aliphatic heterocycles. The van der Waals surface area contributed by atoms with E-state index in [1.165, 1.54) is 5.56 Å². The number of amides is 1. The van der Waals surface area contributed by atoms with Crippen LogP contribution in [0.5, 0.6) is 0 Å². The van der Waals surface area contributed by atoms with E-state index in [4.69, 9.17) is 10.5 Å². The fourth-order valence-corrected chi connectivity index (χ4v) is 3.90. The summed E-state index contributed by atoms with van der Waals surface area (Å²) in [5, 5.41) is 1.03. The normalized spacial score (nSPS) is 14.5. The van der Waals surface area contributed by atoms with E-state index in [1.54, 1.807) is 0 Å². The van der Waals surface area contributed by atoms with Gasteiger partial charge in [-0.3, -0.25) is 4.79 Å². The number of hydrogen-bond donors (Lipinski definition) is 1. The maximum Gasteiger partial charge on any atom is 0.256 e. The van der Waals surface area contributed by atoms with Gasteiger partial charge >= 0.3 is 0 Å². The van der Waals surface area contributed by atoms with Crippen LogP contribution in [0.1, 0.15) is 28.8 Å². The topological polar surface area (TPSA) is 60.5 Å². The molecule has 1 aromatic heterocycles. The number of carbonyl (C=O) groups excluding carboxylic acids is 1. The molecule has 0 atom stereocenters. The molecule has 1 fully saturated rings. The number of hydrogen-bond acceptors (Lipinski definition) is 3. The third kappa shape index (κ3) is 3.90. The number of anilines is 1. The predicted molar refractivity (Wildman–Crippen MR) is 112 cm³/mol. The van der Waals surface area contributed by atoms with Gasteiger partial charge < -0.3 is 19.9 Å². The van der Waals surface area contributed by atoms with E-state index in [1.807, 2.05) is 47.5 Å². The van der Waals surface area contributed by atoms with Crippen molar-refractivity contribution in [3.63, 3.8) is 0 Å². The third-order valence-electron chi connectivity index (χ3n) is 5.47. The van der Waals surface area contributed by atoms with Gasteiger partial charge in [-0.1, -0.05) is 36.4 Å². The highest BCUT2D eigenvalue weighted by Gasteiger charge is 2.22. The van der Waals surface area contributed by atoms with Crippen LogP contribution < -0.4 is 5.73 Å². The SMILES string of the molecule is Nc1ccccc1CCCCn1cc(C(=O)N2CCOCC2)c2ccccc21. The lowest BCUT2D eigenvalue weighted by Gasteiger charge is -2.26. The van der Waals surface area contributed by atoms with Crippen LogP contribution in [-0.4, -0.2) is 41.7 Å². The molecule has 3 aromatic rings. The summed E-state index contributed by atoms with van der Waals surface area (Å²) >= 11 is 0. The maximum atomic E-state index is 13.0. The van der Waals surface area contributed by atoms with Crippen LogP contribution in [0.25, 0.3) is 10.9 Å². The molecule has 5 heteroatoms.